The number of hydrogen-bond acceptors (Lipinski definition) is 4. The smallest absolute Gasteiger partial charge is 0.309 e. The molecule has 0 aliphatic carbocycles. The van der Waals surface area contributed by atoms with Crippen molar-refractivity contribution < 1.29 is 19.8 Å². The van der Waals surface area contributed by atoms with Crippen molar-refractivity contribution in [2.45, 2.75) is 89.5 Å². The predicted octanol–water partition coefficient (Wildman–Crippen LogP) is 6.48. The molecular formula is C42H52N2O4. The number of nitrogens with one attached hydrogen (secondary N) is 2. The Labute approximate surface area is 286 Å². The maximum atomic E-state index is 13.8. The van der Waals surface area contributed by atoms with Gasteiger partial charge in [0.25, 0.3) is 0 Å². The summed E-state index contributed by atoms with van der Waals surface area (Å²) in [5.74, 6) is -1.38. The van der Waals surface area contributed by atoms with Crippen LogP contribution in [0.15, 0.2) is 121 Å². The lowest BCUT2D eigenvalue weighted by Crippen LogP contribution is -2.61. The summed E-state index contributed by atoms with van der Waals surface area (Å²) in [5, 5.41) is 30.8. The highest BCUT2D eigenvalue weighted by molar-refractivity contribution is 6.35. The lowest BCUT2D eigenvalue weighted by Gasteiger charge is -2.39. The molecule has 48 heavy (non-hydrogen) atoms. The molecule has 0 aromatic heterocycles. The van der Waals surface area contributed by atoms with Gasteiger partial charge in [-0.15, -0.1) is 0 Å². The van der Waals surface area contributed by atoms with Crippen molar-refractivity contribution in [2.24, 2.45) is 11.8 Å². The molecule has 0 saturated heterocycles. The van der Waals surface area contributed by atoms with Crippen LogP contribution >= 0.6 is 0 Å². The summed E-state index contributed by atoms with van der Waals surface area (Å²) in [6, 6.07) is 37.5. The number of amides is 2. The summed E-state index contributed by atoms with van der Waals surface area (Å²) in [4.78, 5) is 27.7. The van der Waals surface area contributed by atoms with E-state index >= 15 is 0 Å². The number of hydrogen-bond donors (Lipinski definition) is 4. The molecule has 2 atom stereocenters. The van der Waals surface area contributed by atoms with Crippen molar-refractivity contribution >= 4 is 11.8 Å². The third-order valence-electron chi connectivity index (χ3n) is 8.94. The number of carbonyl (C=O) groups is 2. The third-order valence-corrected chi connectivity index (χ3v) is 8.94. The summed E-state index contributed by atoms with van der Waals surface area (Å²) in [5.41, 5.74) is 1.00. The van der Waals surface area contributed by atoms with E-state index in [4.69, 9.17) is 0 Å². The first-order chi connectivity index (χ1) is 23.0. The van der Waals surface area contributed by atoms with Crippen molar-refractivity contribution in [3.05, 3.63) is 144 Å². The SMILES string of the molecule is CC(C)C[C@@H](NC(=O)C(=O)N[C@H](CC(C)C)C(O)(Cc1ccccc1)Cc1ccccc1)C(O)(Cc1ccccc1)Cc1ccccc1. The first-order valence-corrected chi connectivity index (χ1v) is 17.2. The van der Waals surface area contributed by atoms with E-state index in [0.29, 0.717) is 38.5 Å². The lowest BCUT2D eigenvalue weighted by molar-refractivity contribution is -0.143. The highest BCUT2D eigenvalue weighted by atomic mass is 16.3. The molecule has 2 amide bonds. The predicted molar refractivity (Wildman–Crippen MR) is 193 cm³/mol. The average Bonchev–Trinajstić information content (AvgIpc) is 3.05. The number of rotatable bonds is 16. The quantitative estimate of drug-likeness (QED) is 0.105. The van der Waals surface area contributed by atoms with E-state index in [1.54, 1.807) is 0 Å². The van der Waals surface area contributed by atoms with Crippen LogP contribution < -0.4 is 10.6 Å². The normalized spacial score (nSPS) is 13.2. The van der Waals surface area contributed by atoms with Gasteiger partial charge in [0, 0.05) is 25.7 Å². The van der Waals surface area contributed by atoms with Crippen LogP contribution in [0.25, 0.3) is 0 Å². The second-order valence-corrected chi connectivity index (χ2v) is 14.2. The fourth-order valence-electron chi connectivity index (χ4n) is 6.63. The Balaban J connectivity index is 1.63. The minimum Gasteiger partial charge on any atom is -0.387 e. The van der Waals surface area contributed by atoms with E-state index < -0.39 is 35.1 Å². The molecule has 6 heteroatoms. The van der Waals surface area contributed by atoms with Crippen LogP contribution in [0, 0.1) is 11.8 Å². The van der Waals surface area contributed by atoms with Crippen molar-refractivity contribution in [1.29, 1.82) is 0 Å². The number of aliphatic hydroxyl groups is 2. The summed E-state index contributed by atoms with van der Waals surface area (Å²) in [6.07, 6.45) is 2.13. The molecule has 4 rings (SSSR count). The van der Waals surface area contributed by atoms with Gasteiger partial charge in [-0.3, -0.25) is 9.59 Å². The molecule has 4 aromatic rings. The Morgan fingerprint density at radius 2 is 0.708 bits per heavy atom. The molecule has 0 bridgehead atoms. The maximum absolute atomic E-state index is 13.8. The largest absolute Gasteiger partial charge is 0.387 e. The topological polar surface area (TPSA) is 98.7 Å². The Morgan fingerprint density at radius 3 is 0.917 bits per heavy atom. The van der Waals surface area contributed by atoms with Gasteiger partial charge in [-0.1, -0.05) is 149 Å². The molecule has 6 nitrogen and oxygen atoms in total. The fraction of sp³-hybridized carbons (Fsp3) is 0.381. The van der Waals surface area contributed by atoms with Crippen molar-refractivity contribution in [1.82, 2.24) is 10.6 Å². The second-order valence-electron chi connectivity index (χ2n) is 14.2. The van der Waals surface area contributed by atoms with Gasteiger partial charge in [-0.25, -0.2) is 0 Å². The van der Waals surface area contributed by atoms with Crippen LogP contribution in [-0.2, 0) is 35.3 Å². The summed E-state index contributed by atoms with van der Waals surface area (Å²) >= 11 is 0. The van der Waals surface area contributed by atoms with E-state index in [-0.39, 0.29) is 11.8 Å². The Bertz CT molecular complexity index is 1340. The van der Waals surface area contributed by atoms with Crippen LogP contribution in [0.5, 0.6) is 0 Å². The monoisotopic (exact) mass is 648 g/mol. The van der Waals surface area contributed by atoms with Gasteiger partial charge in [0.15, 0.2) is 0 Å². The highest BCUT2D eigenvalue weighted by Gasteiger charge is 2.42. The van der Waals surface area contributed by atoms with E-state index in [0.717, 1.165) is 22.3 Å². The Hall–Kier alpha value is -4.26. The van der Waals surface area contributed by atoms with E-state index in [1.165, 1.54) is 0 Å². The number of benzene rings is 4. The molecule has 254 valence electrons. The lowest BCUT2D eigenvalue weighted by atomic mass is 9.78. The minimum absolute atomic E-state index is 0.131. The van der Waals surface area contributed by atoms with Gasteiger partial charge >= 0.3 is 11.8 Å². The fourth-order valence-corrected chi connectivity index (χ4v) is 6.63. The molecule has 0 aliphatic heterocycles. The van der Waals surface area contributed by atoms with Crippen molar-refractivity contribution in [3.8, 4) is 0 Å². The van der Waals surface area contributed by atoms with Crippen LogP contribution in [0.3, 0.4) is 0 Å². The van der Waals surface area contributed by atoms with Crippen LogP contribution in [0.2, 0.25) is 0 Å². The zero-order valence-corrected chi connectivity index (χ0v) is 28.8. The standard InChI is InChI=1S/C42H52N2O4/c1-31(2)25-37(41(47,27-33-17-9-5-10-18-33)28-34-19-11-6-12-20-34)43-39(45)40(46)44-38(26-32(3)4)42(48,29-35-21-13-7-14-22-35)30-36-23-15-8-16-24-36/h5-24,31-32,37-38,47-48H,25-30H2,1-4H3,(H,43,45)(H,44,46)/t37-,38-/m1/s1. The molecule has 0 saturated carbocycles. The van der Waals surface area contributed by atoms with E-state index in [9.17, 15) is 19.8 Å². The maximum Gasteiger partial charge on any atom is 0.309 e. The summed E-state index contributed by atoms with van der Waals surface area (Å²) in [6.45, 7) is 8.15. The second kappa shape index (κ2) is 17.2. The molecule has 0 fully saturated rings. The van der Waals surface area contributed by atoms with Crippen molar-refractivity contribution in [2.75, 3.05) is 0 Å². The average molecular weight is 649 g/mol. The zero-order chi connectivity index (χ0) is 34.6. The number of carbonyl (C=O) groups excluding carboxylic acids is 2. The third kappa shape index (κ3) is 10.9. The first kappa shape index (κ1) is 36.6. The summed E-state index contributed by atoms with van der Waals surface area (Å²) in [7, 11) is 0. The van der Waals surface area contributed by atoms with Crippen LogP contribution in [-0.4, -0.2) is 45.3 Å². The molecular weight excluding hydrogens is 596 g/mol. The van der Waals surface area contributed by atoms with Crippen molar-refractivity contribution in [3.63, 3.8) is 0 Å². The molecule has 4 aromatic carbocycles. The van der Waals surface area contributed by atoms with Gasteiger partial charge in [-0.05, 0) is 46.9 Å². The van der Waals surface area contributed by atoms with Crippen LogP contribution in [0.1, 0.15) is 62.8 Å². The van der Waals surface area contributed by atoms with Crippen LogP contribution in [0.4, 0.5) is 0 Å². The van der Waals surface area contributed by atoms with Gasteiger partial charge < -0.3 is 20.8 Å². The first-order valence-electron chi connectivity index (χ1n) is 17.2. The molecule has 0 spiro atoms. The van der Waals surface area contributed by atoms with Gasteiger partial charge in [-0.2, -0.15) is 0 Å². The van der Waals surface area contributed by atoms with Gasteiger partial charge in [0.1, 0.15) is 0 Å². The highest BCUT2D eigenvalue weighted by Crippen LogP contribution is 2.29. The molecule has 4 N–H and O–H groups in total. The molecule has 0 heterocycles. The van der Waals surface area contributed by atoms with Gasteiger partial charge in [0.2, 0.25) is 0 Å². The molecule has 0 aliphatic rings. The zero-order valence-electron chi connectivity index (χ0n) is 28.8. The Kier molecular flexibility index (Phi) is 13.1. The van der Waals surface area contributed by atoms with E-state index in [1.807, 2.05) is 149 Å². The van der Waals surface area contributed by atoms with E-state index in [2.05, 4.69) is 10.6 Å². The van der Waals surface area contributed by atoms with Gasteiger partial charge in [0.05, 0.1) is 23.3 Å². The Morgan fingerprint density at radius 1 is 0.479 bits per heavy atom. The summed E-state index contributed by atoms with van der Waals surface area (Å²) < 4.78 is 0. The molecule has 0 radical (unpaired) electrons. The minimum atomic E-state index is -1.37. The molecule has 0 unspecified atom stereocenters.